The van der Waals surface area contributed by atoms with E-state index >= 15 is 0 Å². The van der Waals surface area contributed by atoms with Gasteiger partial charge < -0.3 is 15.1 Å². The zero-order valence-corrected chi connectivity index (χ0v) is 18.3. The molecule has 0 spiro atoms. The topological polar surface area (TPSA) is 101 Å². The summed E-state index contributed by atoms with van der Waals surface area (Å²) >= 11 is 3.31. The number of nitrogens with one attached hydrogen (secondary N) is 2. The van der Waals surface area contributed by atoms with Crippen LogP contribution in [0.15, 0.2) is 57.4 Å². The molecule has 0 fully saturated rings. The number of hydrogen-bond acceptors (Lipinski definition) is 5. The number of oxazole rings is 1. The van der Waals surface area contributed by atoms with Crippen molar-refractivity contribution in [2.45, 2.75) is 31.8 Å². The molecule has 1 heterocycles. The fourth-order valence-corrected chi connectivity index (χ4v) is 3.19. The summed E-state index contributed by atoms with van der Waals surface area (Å²) in [7, 11) is 0. The second-order valence-electron chi connectivity index (χ2n) is 6.76. The Hall–Kier alpha value is -3.44. The average Bonchev–Trinajstić information content (AvgIpc) is 3.21. The summed E-state index contributed by atoms with van der Waals surface area (Å²) in [5.74, 6) is 0.851. The zero-order valence-electron chi connectivity index (χ0n) is 16.7. The van der Waals surface area contributed by atoms with Crippen LogP contribution in [0.4, 0.5) is 0 Å². The monoisotopic (exact) mass is 481 g/mol. The quantitative estimate of drug-likeness (QED) is 0.378. The van der Waals surface area contributed by atoms with Crippen LogP contribution in [-0.4, -0.2) is 34.7 Å². The third kappa shape index (κ3) is 5.38. The van der Waals surface area contributed by atoms with Crippen molar-refractivity contribution in [2.75, 3.05) is 0 Å². The van der Waals surface area contributed by atoms with E-state index in [1.54, 1.807) is 55.5 Å². The number of benzene rings is 2. The number of rotatable bonds is 8. The van der Waals surface area contributed by atoms with Crippen LogP contribution < -0.4 is 10.6 Å². The van der Waals surface area contributed by atoms with Gasteiger partial charge in [0.1, 0.15) is 11.6 Å². The molecule has 0 aliphatic carbocycles. The molecule has 2 N–H and O–H groups in total. The highest BCUT2D eigenvalue weighted by atomic mass is 79.9. The Bertz CT molecular complexity index is 1110. The number of Topliss-reactive ketones (excluding diaryl/α,β-unsaturated/α-hetero) is 1. The summed E-state index contributed by atoms with van der Waals surface area (Å²) in [6.07, 6.45) is 5.67. The summed E-state index contributed by atoms with van der Waals surface area (Å²) in [6.45, 7) is 1.75. The number of aromatic nitrogens is 1. The number of hydrogen-bond donors (Lipinski definition) is 2. The first-order chi connectivity index (χ1) is 14.9. The van der Waals surface area contributed by atoms with E-state index in [2.05, 4.69) is 37.5 Å². The molecule has 0 saturated heterocycles. The van der Waals surface area contributed by atoms with Crippen LogP contribution >= 0.6 is 15.9 Å². The normalized spacial score (nSPS) is 12.5. The largest absolute Gasteiger partial charge is 0.434 e. The van der Waals surface area contributed by atoms with E-state index in [0.717, 1.165) is 4.47 Å². The van der Waals surface area contributed by atoms with E-state index in [-0.39, 0.29) is 12.3 Å². The Balaban J connectivity index is 1.71. The molecule has 3 rings (SSSR count). The lowest BCUT2D eigenvalue weighted by atomic mass is 10.1. The predicted octanol–water partition coefficient (Wildman–Crippen LogP) is 3.49. The van der Waals surface area contributed by atoms with Crippen molar-refractivity contribution in [2.24, 2.45) is 0 Å². The van der Waals surface area contributed by atoms with Gasteiger partial charge in [0, 0.05) is 16.5 Å². The van der Waals surface area contributed by atoms with Crippen LogP contribution in [0.25, 0.3) is 11.1 Å². The van der Waals surface area contributed by atoms with Crippen molar-refractivity contribution in [3.05, 3.63) is 64.5 Å². The molecule has 0 radical (unpaired) electrons. The lowest BCUT2D eigenvalue weighted by Gasteiger charge is -2.20. The van der Waals surface area contributed by atoms with Gasteiger partial charge in [-0.25, -0.2) is 4.98 Å². The van der Waals surface area contributed by atoms with E-state index < -0.39 is 29.7 Å². The SMILES string of the molecule is C#CC[C@H](NC(=O)c1ccc(Br)cc1)C(=O)N[C@@H](CC)C(=O)c1nc2ccccc2o1. The van der Waals surface area contributed by atoms with Gasteiger partial charge in [0.2, 0.25) is 11.7 Å². The summed E-state index contributed by atoms with van der Waals surface area (Å²) in [4.78, 5) is 42.3. The molecule has 2 amide bonds. The summed E-state index contributed by atoms with van der Waals surface area (Å²) < 4.78 is 6.34. The van der Waals surface area contributed by atoms with Crippen LogP contribution in [0, 0.1) is 12.3 Å². The van der Waals surface area contributed by atoms with Gasteiger partial charge in [-0.1, -0.05) is 35.0 Å². The van der Waals surface area contributed by atoms with Crippen LogP contribution in [-0.2, 0) is 4.79 Å². The highest BCUT2D eigenvalue weighted by Crippen LogP contribution is 2.17. The van der Waals surface area contributed by atoms with Gasteiger partial charge >= 0.3 is 0 Å². The molecule has 2 atom stereocenters. The molecule has 3 aromatic rings. The van der Waals surface area contributed by atoms with Crippen molar-refractivity contribution in [1.82, 2.24) is 15.6 Å². The summed E-state index contributed by atoms with van der Waals surface area (Å²) in [6, 6.07) is 11.8. The number of carbonyl (C=O) groups is 3. The third-order valence-corrected chi connectivity index (χ3v) is 5.12. The number of para-hydroxylation sites is 2. The Morgan fingerprint density at radius 2 is 1.81 bits per heavy atom. The van der Waals surface area contributed by atoms with E-state index in [4.69, 9.17) is 10.8 Å². The average molecular weight is 482 g/mol. The van der Waals surface area contributed by atoms with Gasteiger partial charge in [-0.2, -0.15) is 0 Å². The smallest absolute Gasteiger partial charge is 0.266 e. The molecule has 31 heavy (non-hydrogen) atoms. The van der Waals surface area contributed by atoms with Crippen LogP contribution in [0.3, 0.4) is 0 Å². The van der Waals surface area contributed by atoms with Crippen molar-refractivity contribution in [3.8, 4) is 12.3 Å². The fourth-order valence-electron chi connectivity index (χ4n) is 2.92. The van der Waals surface area contributed by atoms with E-state index in [0.29, 0.717) is 23.1 Å². The minimum absolute atomic E-state index is 0.0262. The molecule has 8 heteroatoms. The molecular formula is C23H20BrN3O4. The number of ketones is 1. The first-order valence-electron chi connectivity index (χ1n) is 9.63. The maximum Gasteiger partial charge on any atom is 0.266 e. The number of amides is 2. The van der Waals surface area contributed by atoms with Crippen LogP contribution in [0.1, 0.15) is 40.8 Å². The molecule has 0 aliphatic rings. The van der Waals surface area contributed by atoms with Crippen LogP contribution in [0.2, 0.25) is 0 Å². The lowest BCUT2D eigenvalue weighted by molar-refractivity contribution is -0.123. The van der Waals surface area contributed by atoms with Gasteiger partial charge in [0.25, 0.3) is 11.8 Å². The van der Waals surface area contributed by atoms with Gasteiger partial charge in [-0.05, 0) is 42.8 Å². The maximum absolute atomic E-state index is 12.8. The highest BCUT2D eigenvalue weighted by molar-refractivity contribution is 9.10. The van der Waals surface area contributed by atoms with Crippen molar-refractivity contribution in [1.29, 1.82) is 0 Å². The summed E-state index contributed by atoms with van der Waals surface area (Å²) in [5, 5.41) is 5.28. The Morgan fingerprint density at radius 3 is 2.45 bits per heavy atom. The minimum Gasteiger partial charge on any atom is -0.434 e. The number of fused-ring (bicyclic) bond motifs is 1. The summed E-state index contributed by atoms with van der Waals surface area (Å²) in [5.41, 5.74) is 1.42. The molecule has 0 aliphatic heterocycles. The molecule has 1 aromatic heterocycles. The zero-order chi connectivity index (χ0) is 22.4. The van der Waals surface area contributed by atoms with Crippen molar-refractivity contribution >= 4 is 44.6 Å². The molecular weight excluding hydrogens is 462 g/mol. The third-order valence-electron chi connectivity index (χ3n) is 4.60. The Kier molecular flexibility index (Phi) is 7.21. The highest BCUT2D eigenvalue weighted by Gasteiger charge is 2.28. The first kappa shape index (κ1) is 22.2. The number of halogens is 1. The molecule has 0 saturated carbocycles. The van der Waals surface area contributed by atoms with Gasteiger partial charge in [0.05, 0.1) is 6.04 Å². The van der Waals surface area contributed by atoms with Crippen LogP contribution in [0.5, 0.6) is 0 Å². The minimum atomic E-state index is -0.994. The molecule has 0 unspecified atom stereocenters. The van der Waals surface area contributed by atoms with Crippen molar-refractivity contribution < 1.29 is 18.8 Å². The predicted molar refractivity (Wildman–Crippen MR) is 119 cm³/mol. The van der Waals surface area contributed by atoms with E-state index in [1.807, 2.05) is 0 Å². The number of carbonyl (C=O) groups excluding carboxylic acids is 3. The molecule has 2 aromatic carbocycles. The fraction of sp³-hybridized carbons (Fsp3) is 0.217. The van der Waals surface area contributed by atoms with E-state index in [9.17, 15) is 14.4 Å². The van der Waals surface area contributed by atoms with Gasteiger partial charge in [-0.3, -0.25) is 14.4 Å². The number of terminal acetylenes is 1. The standard InChI is InChI=1S/C23H20BrN3O4/c1-3-7-18(26-21(29)14-10-12-15(24)13-11-14)22(30)25-16(4-2)20(28)23-27-17-8-5-6-9-19(17)31-23/h1,5-6,8-13,16,18H,4,7H2,2H3,(H,25,30)(H,26,29)/t16-,18-/m0/s1. The second kappa shape index (κ2) is 10.0. The second-order valence-corrected chi connectivity index (χ2v) is 7.68. The van der Waals surface area contributed by atoms with E-state index in [1.165, 1.54) is 0 Å². The van der Waals surface area contributed by atoms with Gasteiger partial charge in [-0.15, -0.1) is 12.3 Å². The van der Waals surface area contributed by atoms with Crippen molar-refractivity contribution in [3.63, 3.8) is 0 Å². The maximum atomic E-state index is 12.8. The first-order valence-corrected chi connectivity index (χ1v) is 10.4. The Morgan fingerprint density at radius 1 is 1.10 bits per heavy atom. The van der Waals surface area contributed by atoms with Gasteiger partial charge in [0.15, 0.2) is 5.58 Å². The Labute approximate surface area is 187 Å². The molecule has 7 nitrogen and oxygen atoms in total. The number of nitrogens with zero attached hydrogens (tertiary/aromatic N) is 1. The molecule has 158 valence electrons. The lowest BCUT2D eigenvalue weighted by Crippen LogP contribution is -2.51. The molecule has 0 bridgehead atoms.